The van der Waals surface area contributed by atoms with E-state index >= 15 is 0 Å². The lowest BCUT2D eigenvalue weighted by Gasteiger charge is -2.34. The van der Waals surface area contributed by atoms with Gasteiger partial charge in [0.05, 0.1) is 12.0 Å². The Morgan fingerprint density at radius 3 is 2.31 bits per heavy atom. The van der Waals surface area contributed by atoms with Gasteiger partial charge in [-0.1, -0.05) is 11.8 Å². The van der Waals surface area contributed by atoms with Crippen molar-refractivity contribution in [2.24, 2.45) is 0 Å². The Kier molecular flexibility index (Phi) is 6.30. The Bertz CT molecular complexity index is 782. The van der Waals surface area contributed by atoms with Crippen LogP contribution in [0.1, 0.15) is 12.8 Å². The highest BCUT2D eigenvalue weighted by Crippen LogP contribution is 2.18. The standard InChI is InChI=1S/C19H24FN3O2S/c20-18-6-8-19(9-7-18)22-13-15-23(16-14-22)26(24,25)17-5-1-2-10-21-11-3-4-12-21/h5-9,17H,3-4,10-16H2. The zero-order valence-electron chi connectivity index (χ0n) is 14.8. The molecule has 0 unspecified atom stereocenters. The summed E-state index contributed by atoms with van der Waals surface area (Å²) in [7, 11) is -3.45. The molecule has 0 atom stereocenters. The lowest BCUT2D eigenvalue weighted by atomic mass is 10.2. The van der Waals surface area contributed by atoms with Crippen LogP contribution in [0.25, 0.3) is 0 Å². The minimum absolute atomic E-state index is 0.272. The molecular weight excluding hydrogens is 353 g/mol. The molecule has 0 aliphatic carbocycles. The normalized spacial score (nSPS) is 19.7. The number of piperazine rings is 1. The molecule has 0 N–H and O–H groups in total. The van der Waals surface area contributed by atoms with Gasteiger partial charge >= 0.3 is 0 Å². The Morgan fingerprint density at radius 2 is 1.65 bits per heavy atom. The molecule has 0 radical (unpaired) electrons. The molecule has 0 amide bonds. The van der Waals surface area contributed by atoms with E-state index in [1.807, 2.05) is 0 Å². The summed E-state index contributed by atoms with van der Waals surface area (Å²) in [6.07, 6.45) is 3.86. The lowest BCUT2D eigenvalue weighted by Crippen LogP contribution is -2.48. The molecule has 0 aromatic heterocycles. The van der Waals surface area contributed by atoms with E-state index < -0.39 is 10.0 Å². The fourth-order valence-corrected chi connectivity index (χ4v) is 4.30. The van der Waals surface area contributed by atoms with Gasteiger partial charge in [0.2, 0.25) is 10.0 Å². The third kappa shape index (κ3) is 5.07. The minimum Gasteiger partial charge on any atom is -0.369 e. The third-order valence-corrected chi connectivity index (χ3v) is 6.28. The number of rotatable bonds is 4. The zero-order valence-corrected chi connectivity index (χ0v) is 15.6. The molecule has 0 bridgehead atoms. The Morgan fingerprint density at radius 1 is 1.00 bits per heavy atom. The molecule has 7 heteroatoms. The van der Waals surface area contributed by atoms with Gasteiger partial charge in [0, 0.05) is 37.9 Å². The summed E-state index contributed by atoms with van der Waals surface area (Å²) >= 11 is 0. The summed E-state index contributed by atoms with van der Waals surface area (Å²) in [4.78, 5) is 4.33. The van der Waals surface area contributed by atoms with Gasteiger partial charge in [0.15, 0.2) is 0 Å². The maximum Gasteiger partial charge on any atom is 0.236 e. The molecule has 5 nitrogen and oxygen atoms in total. The number of likely N-dealkylation sites (tertiary alicyclic amines) is 1. The first-order valence-electron chi connectivity index (χ1n) is 8.92. The van der Waals surface area contributed by atoms with Gasteiger partial charge in [0.25, 0.3) is 0 Å². The average molecular weight is 377 g/mol. The molecule has 2 aliphatic heterocycles. The summed E-state index contributed by atoms with van der Waals surface area (Å²) < 4.78 is 39.2. The number of anilines is 1. The summed E-state index contributed by atoms with van der Waals surface area (Å²) in [6.45, 7) is 4.83. The summed E-state index contributed by atoms with van der Waals surface area (Å²) in [5, 5.41) is 1.19. The van der Waals surface area contributed by atoms with Gasteiger partial charge in [-0.2, -0.15) is 4.31 Å². The van der Waals surface area contributed by atoms with Crippen LogP contribution in [0.4, 0.5) is 10.1 Å². The van der Waals surface area contributed by atoms with E-state index in [0.29, 0.717) is 32.7 Å². The quantitative estimate of drug-likeness (QED) is 0.752. The smallest absolute Gasteiger partial charge is 0.236 e. The molecule has 2 heterocycles. The molecule has 2 fully saturated rings. The second-order valence-electron chi connectivity index (χ2n) is 6.51. The molecule has 3 rings (SSSR count). The van der Waals surface area contributed by atoms with Crippen LogP contribution >= 0.6 is 0 Å². The highest BCUT2D eigenvalue weighted by molar-refractivity contribution is 7.92. The minimum atomic E-state index is -3.45. The largest absolute Gasteiger partial charge is 0.369 e. The summed E-state index contributed by atoms with van der Waals surface area (Å²) in [6, 6.07) is 6.27. The predicted octanol–water partition coefficient (Wildman–Crippen LogP) is 1.89. The number of nitrogens with zero attached hydrogens (tertiary/aromatic N) is 3. The van der Waals surface area contributed by atoms with E-state index in [-0.39, 0.29) is 5.82 Å². The van der Waals surface area contributed by atoms with Gasteiger partial charge in [-0.25, -0.2) is 12.8 Å². The fraction of sp³-hybridized carbons (Fsp3) is 0.474. The van der Waals surface area contributed by atoms with Crippen molar-refractivity contribution >= 4 is 15.7 Å². The van der Waals surface area contributed by atoms with E-state index in [2.05, 4.69) is 21.6 Å². The van der Waals surface area contributed by atoms with Crippen LogP contribution in [0.2, 0.25) is 0 Å². The molecule has 0 saturated carbocycles. The molecule has 1 aromatic carbocycles. The van der Waals surface area contributed by atoms with Gasteiger partial charge in [-0.15, -0.1) is 0 Å². The van der Waals surface area contributed by atoms with Gasteiger partial charge in [0.1, 0.15) is 5.82 Å². The van der Waals surface area contributed by atoms with Gasteiger partial charge in [-0.05, 0) is 50.2 Å². The van der Waals surface area contributed by atoms with Crippen molar-refractivity contribution in [3.8, 4) is 11.8 Å². The van der Waals surface area contributed by atoms with Gasteiger partial charge < -0.3 is 4.90 Å². The van der Waals surface area contributed by atoms with Crippen molar-refractivity contribution in [3.63, 3.8) is 0 Å². The van der Waals surface area contributed by atoms with Crippen molar-refractivity contribution in [1.29, 1.82) is 0 Å². The summed E-state index contributed by atoms with van der Waals surface area (Å²) in [5.41, 5.74) is 0.909. The first-order chi connectivity index (χ1) is 12.5. The van der Waals surface area contributed by atoms with Crippen LogP contribution in [0.15, 0.2) is 35.7 Å². The number of allylic oxidation sites excluding steroid dienone is 1. The van der Waals surface area contributed by atoms with Crippen molar-refractivity contribution < 1.29 is 12.8 Å². The van der Waals surface area contributed by atoms with Crippen molar-refractivity contribution in [1.82, 2.24) is 9.21 Å². The highest BCUT2D eigenvalue weighted by atomic mass is 32.2. The van der Waals surface area contributed by atoms with E-state index in [1.54, 1.807) is 12.1 Å². The first kappa shape index (κ1) is 18.9. The second-order valence-corrected chi connectivity index (χ2v) is 8.33. The van der Waals surface area contributed by atoms with Crippen molar-refractivity contribution in [2.45, 2.75) is 12.8 Å². The van der Waals surface area contributed by atoms with E-state index in [1.165, 1.54) is 40.8 Å². The molecule has 140 valence electrons. The summed E-state index contributed by atoms with van der Waals surface area (Å²) in [5.74, 6) is 5.55. The second kappa shape index (κ2) is 8.67. The van der Waals surface area contributed by atoms with E-state index in [4.69, 9.17) is 0 Å². The Balaban J connectivity index is 1.50. The zero-order chi connectivity index (χ0) is 18.4. The Hall–Kier alpha value is -1.88. The maximum absolute atomic E-state index is 13.0. The fourth-order valence-electron chi connectivity index (χ4n) is 3.22. The Labute approximate surface area is 155 Å². The van der Waals surface area contributed by atoms with Crippen molar-refractivity contribution in [3.05, 3.63) is 41.6 Å². The lowest BCUT2D eigenvalue weighted by molar-refractivity contribution is 0.383. The third-order valence-electron chi connectivity index (χ3n) is 4.72. The van der Waals surface area contributed by atoms with Crippen LogP contribution in [0.5, 0.6) is 0 Å². The molecule has 1 aromatic rings. The first-order valence-corrected chi connectivity index (χ1v) is 10.4. The van der Waals surface area contributed by atoms with Crippen LogP contribution < -0.4 is 4.90 Å². The maximum atomic E-state index is 13.0. The topological polar surface area (TPSA) is 43.9 Å². The van der Waals surface area contributed by atoms with Crippen LogP contribution in [-0.2, 0) is 10.0 Å². The molecule has 2 saturated heterocycles. The molecule has 2 aliphatic rings. The predicted molar refractivity (Wildman–Crippen MR) is 102 cm³/mol. The van der Waals surface area contributed by atoms with E-state index in [9.17, 15) is 12.8 Å². The van der Waals surface area contributed by atoms with Crippen molar-refractivity contribution in [2.75, 3.05) is 50.7 Å². The average Bonchev–Trinajstić information content (AvgIpc) is 3.16. The number of benzene rings is 1. The van der Waals surface area contributed by atoms with Crippen LogP contribution in [0, 0.1) is 17.7 Å². The number of hydrogen-bond acceptors (Lipinski definition) is 4. The SMILES string of the molecule is O=S(=O)(C=CC#CCN1CCCC1)N1CCN(c2ccc(F)cc2)CC1. The molecule has 0 spiro atoms. The number of halogens is 1. The van der Waals surface area contributed by atoms with E-state index in [0.717, 1.165) is 18.8 Å². The number of hydrogen-bond donors (Lipinski definition) is 0. The molecular formula is C19H24FN3O2S. The van der Waals surface area contributed by atoms with Gasteiger partial charge in [-0.3, -0.25) is 4.90 Å². The van der Waals surface area contributed by atoms with Crippen LogP contribution in [-0.4, -0.2) is 63.4 Å². The molecule has 26 heavy (non-hydrogen) atoms. The number of sulfonamides is 1. The monoisotopic (exact) mass is 377 g/mol. The van der Waals surface area contributed by atoms with Crippen LogP contribution in [0.3, 0.4) is 0 Å². The highest BCUT2D eigenvalue weighted by Gasteiger charge is 2.25.